The molecule has 4 nitrogen and oxygen atoms in total. The first kappa shape index (κ1) is 26.1. The van der Waals surface area contributed by atoms with Crippen LogP contribution < -0.4 is 9.64 Å². The van der Waals surface area contributed by atoms with Crippen LogP contribution in [-0.2, 0) is 11.2 Å². The van der Waals surface area contributed by atoms with Crippen molar-refractivity contribution in [3.8, 4) is 5.75 Å². The second-order valence-corrected chi connectivity index (χ2v) is 8.51. The van der Waals surface area contributed by atoms with Gasteiger partial charge in [0.05, 0.1) is 12.8 Å². The second-order valence-electron chi connectivity index (χ2n) is 6.50. The van der Waals surface area contributed by atoms with E-state index in [0.29, 0.717) is 15.7 Å². The first-order valence-corrected chi connectivity index (χ1v) is 10.7. The molecular formula is C20H26Cl3FN2O2S. The van der Waals surface area contributed by atoms with Crippen molar-refractivity contribution in [1.82, 2.24) is 4.90 Å². The van der Waals surface area contributed by atoms with Crippen LogP contribution in [0.3, 0.4) is 0 Å². The van der Waals surface area contributed by atoms with Gasteiger partial charge in [-0.3, -0.25) is 4.90 Å². The number of ether oxygens (including phenoxy) is 1. The average Bonchev–Trinajstić information content (AvgIpc) is 2.69. The maximum atomic E-state index is 12.9. The Morgan fingerprint density at radius 2 is 1.72 bits per heavy atom. The molecule has 1 unspecified atom stereocenters. The number of anilines is 1. The highest BCUT2D eigenvalue weighted by molar-refractivity contribution is 7.91. The van der Waals surface area contributed by atoms with Crippen molar-refractivity contribution in [2.75, 3.05) is 50.5 Å². The smallest absolute Gasteiger partial charge is 0.152 e. The predicted octanol–water partition coefficient (Wildman–Crippen LogP) is 4.65. The molecule has 0 N–H and O–H groups in total. The second kappa shape index (κ2) is 12.7. The molecule has 0 saturated carbocycles. The van der Waals surface area contributed by atoms with Crippen molar-refractivity contribution in [2.45, 2.75) is 11.3 Å². The Kier molecular flexibility index (Phi) is 11.5. The van der Waals surface area contributed by atoms with Crippen molar-refractivity contribution in [1.29, 1.82) is 0 Å². The summed E-state index contributed by atoms with van der Waals surface area (Å²) in [5.74, 6) is 1.09. The molecule has 0 spiro atoms. The van der Waals surface area contributed by atoms with Gasteiger partial charge in [-0.1, -0.05) is 11.6 Å². The molecule has 2 aromatic carbocycles. The number of hydrogen-bond donors (Lipinski definition) is 0. The number of hydrogen-bond acceptors (Lipinski definition) is 4. The molecule has 29 heavy (non-hydrogen) atoms. The van der Waals surface area contributed by atoms with Gasteiger partial charge in [-0.05, 0) is 47.6 Å². The van der Waals surface area contributed by atoms with E-state index in [4.69, 9.17) is 16.3 Å². The molecule has 0 radical (unpaired) electrons. The minimum absolute atomic E-state index is 0. The lowest BCUT2D eigenvalue weighted by molar-refractivity contribution is 0.258. The molecule has 3 rings (SSSR count). The van der Waals surface area contributed by atoms with Crippen molar-refractivity contribution in [3.63, 3.8) is 0 Å². The highest BCUT2D eigenvalue weighted by atomic mass is 35.5. The lowest BCUT2D eigenvalue weighted by Gasteiger charge is -2.36. The van der Waals surface area contributed by atoms with Gasteiger partial charge in [0.1, 0.15) is 17.3 Å². The number of piperazine rings is 1. The van der Waals surface area contributed by atoms with Crippen molar-refractivity contribution in [3.05, 3.63) is 53.3 Å². The SMILES string of the molecule is COc1cc(Cl)ccc1N1CCN(CCC[S+]([O-])c2ccc(F)cc2)CC1.Cl.Cl. The first-order chi connectivity index (χ1) is 13.1. The standard InChI is InChI=1S/C20H24ClFN2O2S.2ClH/c1-26-20-15-16(21)3-8-19(20)24-12-10-23(11-13-24)9-2-14-27(25)18-6-4-17(22)5-7-18;;/h3-8,15H,2,9-14H2,1H3;2*1H. The Morgan fingerprint density at radius 1 is 1.07 bits per heavy atom. The quantitative estimate of drug-likeness (QED) is 0.537. The molecule has 0 aliphatic carbocycles. The van der Waals surface area contributed by atoms with E-state index in [1.54, 1.807) is 19.2 Å². The highest BCUT2D eigenvalue weighted by Crippen LogP contribution is 2.31. The average molecular weight is 484 g/mol. The Balaban J connectivity index is 0.00000210. The number of benzene rings is 2. The lowest BCUT2D eigenvalue weighted by Crippen LogP contribution is -2.47. The van der Waals surface area contributed by atoms with Gasteiger partial charge in [0, 0.05) is 50.2 Å². The van der Waals surface area contributed by atoms with E-state index in [9.17, 15) is 8.94 Å². The molecule has 0 aromatic heterocycles. The lowest BCUT2D eigenvalue weighted by atomic mass is 10.2. The maximum Gasteiger partial charge on any atom is 0.152 e. The van der Waals surface area contributed by atoms with E-state index in [1.807, 2.05) is 18.2 Å². The van der Waals surface area contributed by atoms with Gasteiger partial charge in [-0.2, -0.15) is 0 Å². The van der Waals surface area contributed by atoms with Crippen LogP contribution in [0.2, 0.25) is 5.02 Å². The van der Waals surface area contributed by atoms with Crippen LogP contribution >= 0.6 is 36.4 Å². The fourth-order valence-electron chi connectivity index (χ4n) is 3.25. The fourth-order valence-corrected chi connectivity index (χ4v) is 4.48. The van der Waals surface area contributed by atoms with Crippen LogP contribution in [0.4, 0.5) is 10.1 Å². The van der Waals surface area contributed by atoms with Crippen LogP contribution in [0.15, 0.2) is 47.4 Å². The van der Waals surface area contributed by atoms with Crippen LogP contribution in [0.1, 0.15) is 6.42 Å². The van der Waals surface area contributed by atoms with E-state index in [-0.39, 0.29) is 30.6 Å². The van der Waals surface area contributed by atoms with E-state index in [1.165, 1.54) is 12.1 Å². The molecule has 1 fully saturated rings. The molecule has 1 aliphatic heterocycles. The zero-order valence-electron chi connectivity index (χ0n) is 16.2. The van der Waals surface area contributed by atoms with Gasteiger partial charge < -0.3 is 14.2 Å². The molecule has 9 heteroatoms. The minimum Gasteiger partial charge on any atom is -0.611 e. The normalized spacial score (nSPS) is 15.2. The van der Waals surface area contributed by atoms with Crippen LogP contribution in [0.5, 0.6) is 5.75 Å². The monoisotopic (exact) mass is 482 g/mol. The molecule has 162 valence electrons. The topological polar surface area (TPSA) is 38.8 Å². The van der Waals surface area contributed by atoms with Crippen LogP contribution in [0.25, 0.3) is 0 Å². The predicted molar refractivity (Wildman–Crippen MR) is 123 cm³/mol. The van der Waals surface area contributed by atoms with Crippen LogP contribution in [0, 0.1) is 5.82 Å². The maximum absolute atomic E-state index is 12.9. The number of methoxy groups -OCH3 is 1. The summed E-state index contributed by atoms with van der Waals surface area (Å²) >= 11 is 4.97. The third-order valence-corrected chi connectivity index (χ3v) is 6.43. The molecule has 1 saturated heterocycles. The minimum atomic E-state index is -1.07. The van der Waals surface area contributed by atoms with Gasteiger partial charge in [0.15, 0.2) is 4.90 Å². The Morgan fingerprint density at radius 3 is 2.34 bits per heavy atom. The molecule has 1 atom stereocenters. The summed E-state index contributed by atoms with van der Waals surface area (Å²) in [5, 5.41) is 0.670. The van der Waals surface area contributed by atoms with Gasteiger partial charge in [-0.15, -0.1) is 24.8 Å². The summed E-state index contributed by atoms with van der Waals surface area (Å²) in [6.45, 7) is 4.65. The Bertz CT molecular complexity index is 747. The van der Waals surface area contributed by atoms with Gasteiger partial charge in [0.25, 0.3) is 0 Å². The number of rotatable bonds is 7. The van der Waals surface area contributed by atoms with Gasteiger partial charge >= 0.3 is 0 Å². The molecular weight excluding hydrogens is 458 g/mol. The number of halogens is 4. The van der Waals surface area contributed by atoms with E-state index >= 15 is 0 Å². The van der Waals surface area contributed by atoms with Gasteiger partial charge in [-0.25, -0.2) is 4.39 Å². The van der Waals surface area contributed by atoms with E-state index in [0.717, 1.165) is 50.6 Å². The zero-order chi connectivity index (χ0) is 19.2. The summed E-state index contributed by atoms with van der Waals surface area (Å²) in [6.07, 6.45) is 0.855. The van der Waals surface area contributed by atoms with E-state index in [2.05, 4.69) is 9.80 Å². The summed E-state index contributed by atoms with van der Waals surface area (Å²) < 4.78 is 30.7. The van der Waals surface area contributed by atoms with Crippen molar-refractivity contribution in [2.24, 2.45) is 0 Å². The molecule has 1 heterocycles. The third-order valence-electron chi connectivity index (χ3n) is 4.74. The summed E-state index contributed by atoms with van der Waals surface area (Å²) in [7, 11) is 1.66. The summed E-state index contributed by atoms with van der Waals surface area (Å²) in [6, 6.07) is 11.6. The van der Waals surface area contributed by atoms with Gasteiger partial charge in [0.2, 0.25) is 0 Å². The van der Waals surface area contributed by atoms with Crippen molar-refractivity contribution < 1.29 is 13.7 Å². The molecule has 0 amide bonds. The first-order valence-electron chi connectivity index (χ1n) is 9.01. The summed E-state index contributed by atoms with van der Waals surface area (Å²) in [5.41, 5.74) is 1.07. The molecule has 2 aromatic rings. The van der Waals surface area contributed by atoms with Crippen molar-refractivity contribution >= 4 is 53.3 Å². The molecule has 0 bridgehead atoms. The summed E-state index contributed by atoms with van der Waals surface area (Å²) in [4.78, 5) is 5.39. The zero-order valence-corrected chi connectivity index (χ0v) is 19.4. The largest absolute Gasteiger partial charge is 0.611 e. The molecule has 1 aliphatic rings. The third kappa shape index (κ3) is 7.39. The van der Waals surface area contributed by atoms with Crippen LogP contribution in [-0.4, -0.2) is 55.0 Å². The highest BCUT2D eigenvalue weighted by Gasteiger charge is 2.20. The fraction of sp³-hybridized carbons (Fsp3) is 0.400. The number of nitrogens with zero attached hydrogens (tertiary/aromatic N) is 2. The Labute approximate surface area is 192 Å². The van der Waals surface area contributed by atoms with E-state index < -0.39 is 11.2 Å². The Hall–Kier alpha value is -0.890.